The van der Waals surface area contributed by atoms with Gasteiger partial charge in [0.2, 0.25) is 0 Å². The van der Waals surface area contributed by atoms with Gasteiger partial charge < -0.3 is 14.7 Å². The van der Waals surface area contributed by atoms with Crippen molar-refractivity contribution in [1.82, 2.24) is 4.90 Å². The van der Waals surface area contributed by atoms with Crippen molar-refractivity contribution in [3.8, 4) is 5.75 Å². The van der Waals surface area contributed by atoms with E-state index in [9.17, 15) is 9.18 Å². The quantitative estimate of drug-likeness (QED) is 0.861. The zero-order valence-corrected chi connectivity index (χ0v) is 9.30. The third-order valence-corrected chi connectivity index (χ3v) is 2.84. The fourth-order valence-corrected chi connectivity index (χ4v) is 1.88. The van der Waals surface area contributed by atoms with Crippen LogP contribution in [0.5, 0.6) is 5.75 Å². The molecule has 1 heterocycles. The Morgan fingerprint density at radius 1 is 1.35 bits per heavy atom. The minimum atomic E-state index is -0.908. The Labute approximate surface area is 98.6 Å². The molecule has 1 aliphatic rings. The summed E-state index contributed by atoms with van der Waals surface area (Å²) in [6.45, 7) is 0.878. The van der Waals surface area contributed by atoms with Crippen molar-refractivity contribution in [3.05, 3.63) is 30.1 Å². The van der Waals surface area contributed by atoms with Gasteiger partial charge in [-0.3, -0.25) is 0 Å². The van der Waals surface area contributed by atoms with Crippen molar-refractivity contribution >= 4 is 6.09 Å². The molecule has 4 nitrogen and oxygen atoms in total. The van der Waals surface area contributed by atoms with E-state index in [1.54, 1.807) is 18.2 Å². The lowest BCUT2D eigenvalue weighted by molar-refractivity contribution is 0.0872. The van der Waals surface area contributed by atoms with Gasteiger partial charge in [-0.25, -0.2) is 9.18 Å². The molecule has 0 saturated carbocycles. The summed E-state index contributed by atoms with van der Waals surface area (Å²) in [6.07, 6.45) is 0.179. The molecule has 0 unspecified atom stereocenters. The molecule has 1 fully saturated rings. The van der Waals surface area contributed by atoms with E-state index in [0.717, 1.165) is 0 Å². The van der Waals surface area contributed by atoms with Crippen LogP contribution in [0.3, 0.4) is 0 Å². The number of halogens is 1. The highest BCUT2D eigenvalue weighted by Crippen LogP contribution is 2.21. The number of amides is 1. The van der Waals surface area contributed by atoms with Gasteiger partial charge in [-0.05, 0) is 12.1 Å². The summed E-state index contributed by atoms with van der Waals surface area (Å²) in [4.78, 5) is 12.0. The van der Waals surface area contributed by atoms with Crippen molar-refractivity contribution in [2.24, 2.45) is 0 Å². The standard InChI is InChI=1S/C12H14FNO3/c13-10-3-1-2-4-11(10)17-9-5-7-14(8-6-9)12(15)16/h1-4,9H,5-8H2,(H,15,16). The summed E-state index contributed by atoms with van der Waals surface area (Å²) in [6, 6.07) is 6.25. The molecule has 5 heteroatoms. The number of carbonyl (C=O) groups is 1. The molecule has 92 valence electrons. The lowest BCUT2D eigenvalue weighted by Gasteiger charge is -2.30. The van der Waals surface area contributed by atoms with Gasteiger partial charge in [0, 0.05) is 25.9 Å². The second kappa shape index (κ2) is 5.03. The van der Waals surface area contributed by atoms with E-state index in [0.29, 0.717) is 25.9 Å². The van der Waals surface area contributed by atoms with E-state index >= 15 is 0 Å². The monoisotopic (exact) mass is 239 g/mol. The van der Waals surface area contributed by atoms with Gasteiger partial charge in [-0.1, -0.05) is 12.1 Å². The first-order chi connectivity index (χ1) is 8.16. The number of nitrogens with zero attached hydrogens (tertiary/aromatic N) is 1. The molecule has 1 aromatic carbocycles. The van der Waals surface area contributed by atoms with E-state index in [1.165, 1.54) is 11.0 Å². The maximum Gasteiger partial charge on any atom is 0.407 e. The normalized spacial score (nSPS) is 16.9. The number of hydrogen-bond acceptors (Lipinski definition) is 2. The minimum absolute atomic E-state index is 0.109. The first-order valence-corrected chi connectivity index (χ1v) is 5.56. The van der Waals surface area contributed by atoms with Gasteiger partial charge in [0.15, 0.2) is 11.6 Å². The summed E-state index contributed by atoms with van der Waals surface area (Å²) in [5.74, 6) is -0.144. The largest absolute Gasteiger partial charge is 0.487 e. The highest BCUT2D eigenvalue weighted by atomic mass is 19.1. The van der Waals surface area contributed by atoms with Gasteiger partial charge in [0.1, 0.15) is 6.10 Å². The molecule has 2 rings (SSSR count). The lowest BCUT2D eigenvalue weighted by atomic mass is 10.1. The van der Waals surface area contributed by atoms with Crippen LogP contribution in [0, 0.1) is 5.82 Å². The molecule has 0 spiro atoms. The number of rotatable bonds is 2. The second-order valence-electron chi connectivity index (χ2n) is 4.02. The number of carboxylic acid groups (broad SMARTS) is 1. The van der Waals surface area contributed by atoms with E-state index in [2.05, 4.69) is 0 Å². The molecule has 1 N–H and O–H groups in total. The molecule has 1 saturated heterocycles. The predicted octanol–water partition coefficient (Wildman–Crippen LogP) is 2.35. The average Bonchev–Trinajstić information content (AvgIpc) is 2.33. The number of hydrogen-bond donors (Lipinski definition) is 1. The Morgan fingerprint density at radius 2 is 2.00 bits per heavy atom. The topological polar surface area (TPSA) is 49.8 Å². The lowest BCUT2D eigenvalue weighted by Crippen LogP contribution is -2.41. The van der Waals surface area contributed by atoms with Crippen LogP contribution in [0.25, 0.3) is 0 Å². The van der Waals surface area contributed by atoms with E-state index in [1.807, 2.05) is 0 Å². The van der Waals surface area contributed by atoms with Crippen LogP contribution in [-0.4, -0.2) is 35.3 Å². The molecule has 0 bridgehead atoms. The van der Waals surface area contributed by atoms with E-state index in [-0.39, 0.29) is 17.7 Å². The smallest absolute Gasteiger partial charge is 0.407 e. The Morgan fingerprint density at radius 3 is 2.59 bits per heavy atom. The fraction of sp³-hybridized carbons (Fsp3) is 0.417. The molecule has 0 aliphatic carbocycles. The Bertz CT molecular complexity index is 402. The van der Waals surface area contributed by atoms with Crippen molar-refractivity contribution in [3.63, 3.8) is 0 Å². The first kappa shape index (κ1) is 11.7. The summed E-state index contributed by atoms with van der Waals surface area (Å²) >= 11 is 0. The molecule has 0 atom stereocenters. The van der Waals surface area contributed by atoms with Crippen LogP contribution >= 0.6 is 0 Å². The van der Waals surface area contributed by atoms with Crippen molar-refractivity contribution < 1.29 is 19.0 Å². The molecule has 0 radical (unpaired) electrons. The Balaban J connectivity index is 1.90. The third-order valence-electron chi connectivity index (χ3n) is 2.84. The van der Waals surface area contributed by atoms with Crippen LogP contribution in [0.1, 0.15) is 12.8 Å². The van der Waals surface area contributed by atoms with Crippen molar-refractivity contribution in [1.29, 1.82) is 0 Å². The summed E-state index contributed by atoms with van der Waals surface area (Å²) in [5, 5.41) is 8.78. The van der Waals surface area contributed by atoms with Gasteiger partial charge in [0.05, 0.1) is 0 Å². The maximum absolute atomic E-state index is 13.3. The minimum Gasteiger partial charge on any atom is -0.487 e. The molecule has 17 heavy (non-hydrogen) atoms. The molecule has 1 aliphatic heterocycles. The zero-order valence-electron chi connectivity index (χ0n) is 9.30. The zero-order chi connectivity index (χ0) is 12.3. The van der Waals surface area contributed by atoms with Crippen LogP contribution in [0.2, 0.25) is 0 Å². The first-order valence-electron chi connectivity index (χ1n) is 5.56. The summed E-state index contributed by atoms with van der Waals surface area (Å²) in [5.41, 5.74) is 0. The third kappa shape index (κ3) is 2.87. The molecular formula is C12H14FNO3. The van der Waals surface area contributed by atoms with Crippen LogP contribution in [-0.2, 0) is 0 Å². The van der Waals surface area contributed by atoms with E-state index < -0.39 is 6.09 Å². The SMILES string of the molecule is O=C(O)N1CCC(Oc2ccccc2F)CC1. The second-order valence-corrected chi connectivity index (χ2v) is 4.02. The highest BCUT2D eigenvalue weighted by Gasteiger charge is 2.23. The summed E-state index contributed by atoms with van der Waals surface area (Å²) in [7, 11) is 0. The Hall–Kier alpha value is -1.78. The fourth-order valence-electron chi connectivity index (χ4n) is 1.88. The number of benzene rings is 1. The number of piperidine rings is 1. The van der Waals surface area contributed by atoms with Gasteiger partial charge in [-0.15, -0.1) is 0 Å². The molecule has 0 aromatic heterocycles. The van der Waals surface area contributed by atoms with Crippen LogP contribution in [0.15, 0.2) is 24.3 Å². The maximum atomic E-state index is 13.3. The highest BCUT2D eigenvalue weighted by molar-refractivity contribution is 5.65. The number of likely N-dealkylation sites (tertiary alicyclic amines) is 1. The van der Waals surface area contributed by atoms with Gasteiger partial charge in [0.25, 0.3) is 0 Å². The molecule has 1 aromatic rings. The Kier molecular flexibility index (Phi) is 3.46. The molecular weight excluding hydrogens is 225 g/mol. The van der Waals surface area contributed by atoms with Gasteiger partial charge >= 0.3 is 6.09 Å². The van der Waals surface area contributed by atoms with Crippen LogP contribution in [0.4, 0.5) is 9.18 Å². The summed E-state index contributed by atoms with van der Waals surface area (Å²) < 4.78 is 18.8. The van der Waals surface area contributed by atoms with Crippen molar-refractivity contribution in [2.75, 3.05) is 13.1 Å². The van der Waals surface area contributed by atoms with Gasteiger partial charge in [-0.2, -0.15) is 0 Å². The number of para-hydroxylation sites is 1. The van der Waals surface area contributed by atoms with Crippen molar-refractivity contribution in [2.45, 2.75) is 18.9 Å². The average molecular weight is 239 g/mol. The van der Waals surface area contributed by atoms with Crippen LogP contribution < -0.4 is 4.74 Å². The number of ether oxygens (including phenoxy) is 1. The molecule has 1 amide bonds. The van der Waals surface area contributed by atoms with E-state index in [4.69, 9.17) is 9.84 Å². The predicted molar refractivity (Wildman–Crippen MR) is 59.6 cm³/mol.